The quantitative estimate of drug-likeness (QED) is 0.197. The number of benzene rings is 3. The first-order chi connectivity index (χ1) is 19.6. The number of amides is 2. The Hall–Kier alpha value is -4.19. The number of hydrogen-bond donors (Lipinski definition) is 1. The number of anilines is 1. The maximum absolute atomic E-state index is 13.7. The molecule has 1 N–H and O–H groups in total. The van der Waals surface area contributed by atoms with E-state index >= 15 is 0 Å². The molecule has 0 aliphatic carbocycles. The van der Waals surface area contributed by atoms with Gasteiger partial charge in [-0.1, -0.05) is 101 Å². The number of unbranched alkanes of at least 4 members (excludes halogenated alkanes) is 2. The van der Waals surface area contributed by atoms with Crippen LogP contribution in [0.1, 0.15) is 79.7 Å². The van der Waals surface area contributed by atoms with Gasteiger partial charge in [0.25, 0.3) is 5.91 Å². The molecule has 0 bridgehead atoms. The number of hydrogen-bond acceptors (Lipinski definition) is 3. The van der Waals surface area contributed by atoms with Crippen LogP contribution in [0.15, 0.2) is 84.9 Å². The van der Waals surface area contributed by atoms with E-state index in [1.807, 2.05) is 91.9 Å². The van der Waals surface area contributed by atoms with Crippen molar-refractivity contribution in [2.45, 2.75) is 72.3 Å². The topological polar surface area (TPSA) is 67.2 Å². The van der Waals surface area contributed by atoms with Crippen LogP contribution in [-0.2, 0) is 23.2 Å². The van der Waals surface area contributed by atoms with Crippen LogP contribution in [0.2, 0.25) is 0 Å². The number of carbonyl (C=O) groups excluding carboxylic acids is 2. The van der Waals surface area contributed by atoms with Gasteiger partial charge >= 0.3 is 0 Å². The molecule has 4 aromatic rings. The molecule has 0 atom stereocenters. The van der Waals surface area contributed by atoms with Crippen molar-refractivity contribution in [1.82, 2.24) is 14.7 Å². The average Bonchev–Trinajstić information content (AvgIpc) is 3.38. The summed E-state index contributed by atoms with van der Waals surface area (Å²) < 4.78 is 1.76. The predicted octanol–water partition coefficient (Wildman–Crippen LogP) is 7.49. The molecule has 0 fully saturated rings. The second-order valence-electron chi connectivity index (χ2n) is 11.8. The van der Waals surface area contributed by atoms with Gasteiger partial charge in [-0.15, -0.1) is 0 Å². The normalized spacial score (nSPS) is 11.3. The lowest BCUT2D eigenvalue weighted by molar-refractivity contribution is -0.117. The maximum Gasteiger partial charge on any atom is 0.254 e. The zero-order valence-corrected chi connectivity index (χ0v) is 25.0. The summed E-state index contributed by atoms with van der Waals surface area (Å²) in [6.07, 6.45) is 4.51. The molecule has 0 aliphatic heterocycles. The lowest BCUT2D eigenvalue weighted by atomic mass is 9.92. The molecule has 0 aliphatic rings. The summed E-state index contributed by atoms with van der Waals surface area (Å²) >= 11 is 0. The molecular formula is C35H42N4O2. The summed E-state index contributed by atoms with van der Waals surface area (Å²) in [5.74, 6) is 0.123. The van der Waals surface area contributed by atoms with E-state index in [1.54, 1.807) is 9.58 Å². The Morgan fingerprint density at radius 2 is 1.56 bits per heavy atom. The van der Waals surface area contributed by atoms with E-state index < -0.39 is 0 Å². The van der Waals surface area contributed by atoms with E-state index in [9.17, 15) is 9.59 Å². The van der Waals surface area contributed by atoms with Gasteiger partial charge in [0.05, 0.1) is 11.4 Å². The lowest BCUT2D eigenvalue weighted by Crippen LogP contribution is -2.37. The van der Waals surface area contributed by atoms with Gasteiger partial charge in [-0.2, -0.15) is 5.10 Å². The zero-order chi connectivity index (χ0) is 29.4. The Morgan fingerprint density at radius 1 is 0.878 bits per heavy atom. The summed E-state index contributed by atoms with van der Waals surface area (Å²) in [5.41, 5.74) is 5.43. The molecule has 6 nitrogen and oxygen atoms in total. The van der Waals surface area contributed by atoms with E-state index in [0.29, 0.717) is 17.9 Å². The Bertz CT molecular complexity index is 1430. The van der Waals surface area contributed by atoms with Gasteiger partial charge in [-0.25, -0.2) is 4.68 Å². The molecule has 6 heteroatoms. The molecular weight excluding hydrogens is 508 g/mol. The Balaban J connectivity index is 1.56. The van der Waals surface area contributed by atoms with Gasteiger partial charge in [0.15, 0.2) is 0 Å². The third-order valence-electron chi connectivity index (χ3n) is 7.13. The van der Waals surface area contributed by atoms with Crippen LogP contribution in [0.3, 0.4) is 0 Å². The molecule has 0 saturated heterocycles. The van der Waals surface area contributed by atoms with Gasteiger partial charge in [0, 0.05) is 23.6 Å². The first-order valence-electron chi connectivity index (χ1n) is 14.5. The van der Waals surface area contributed by atoms with Crippen molar-refractivity contribution in [2.24, 2.45) is 0 Å². The number of aryl methyl sites for hydroxylation is 2. The van der Waals surface area contributed by atoms with E-state index in [4.69, 9.17) is 5.10 Å². The Morgan fingerprint density at radius 3 is 2.20 bits per heavy atom. The van der Waals surface area contributed by atoms with Gasteiger partial charge in [-0.05, 0) is 55.2 Å². The standard InChI is InChI=1S/C35H42N4O2/c1-6-7-9-12-27-17-19-29(20-18-27)34(41)38(24-28-13-10-8-11-14-28)25-33(40)36-32-23-31(35(3,4)5)37-39(32)30-21-15-26(2)16-22-30/h8,10-11,13-23H,6-7,9,12,24-25H2,1-5H3,(H,36,40). The molecule has 0 unspecified atom stereocenters. The van der Waals surface area contributed by atoms with Crippen molar-refractivity contribution in [3.8, 4) is 5.69 Å². The molecule has 4 rings (SSSR count). The Labute approximate surface area is 244 Å². The third kappa shape index (κ3) is 8.16. The van der Waals surface area contributed by atoms with Crippen molar-refractivity contribution in [3.05, 3.63) is 113 Å². The fraction of sp³-hybridized carbons (Fsp3) is 0.343. The van der Waals surface area contributed by atoms with Gasteiger partial charge in [0.1, 0.15) is 12.4 Å². The van der Waals surface area contributed by atoms with Crippen LogP contribution in [0, 0.1) is 6.92 Å². The smallest absolute Gasteiger partial charge is 0.254 e. The van der Waals surface area contributed by atoms with Gasteiger partial charge in [0.2, 0.25) is 5.91 Å². The van der Waals surface area contributed by atoms with Crippen LogP contribution in [-0.4, -0.2) is 33.0 Å². The minimum absolute atomic E-state index is 0.0874. The van der Waals surface area contributed by atoms with Crippen molar-refractivity contribution < 1.29 is 9.59 Å². The molecule has 41 heavy (non-hydrogen) atoms. The van der Waals surface area contributed by atoms with Crippen molar-refractivity contribution >= 4 is 17.6 Å². The molecule has 1 heterocycles. The highest BCUT2D eigenvalue weighted by Gasteiger charge is 2.24. The van der Waals surface area contributed by atoms with Crippen LogP contribution >= 0.6 is 0 Å². The molecule has 1 aromatic heterocycles. The second-order valence-corrected chi connectivity index (χ2v) is 11.8. The van der Waals surface area contributed by atoms with Crippen LogP contribution in [0.25, 0.3) is 5.69 Å². The summed E-state index contributed by atoms with van der Waals surface area (Å²) in [5, 5.41) is 7.86. The van der Waals surface area contributed by atoms with E-state index in [2.05, 4.69) is 33.0 Å². The summed E-state index contributed by atoms with van der Waals surface area (Å²) in [4.78, 5) is 28.8. The summed E-state index contributed by atoms with van der Waals surface area (Å²) in [6, 6.07) is 27.5. The molecule has 2 amide bonds. The summed E-state index contributed by atoms with van der Waals surface area (Å²) in [6.45, 7) is 10.8. The maximum atomic E-state index is 13.7. The minimum Gasteiger partial charge on any atom is -0.325 e. The SMILES string of the molecule is CCCCCc1ccc(C(=O)N(CC(=O)Nc2cc(C(C)(C)C)nn2-c2ccc(C)cc2)Cc2ccccc2)cc1. The van der Waals surface area contributed by atoms with Crippen molar-refractivity contribution in [1.29, 1.82) is 0 Å². The molecule has 0 radical (unpaired) electrons. The van der Waals surface area contributed by atoms with E-state index in [0.717, 1.165) is 35.3 Å². The average molecular weight is 551 g/mol. The fourth-order valence-corrected chi connectivity index (χ4v) is 4.65. The number of nitrogens with zero attached hydrogens (tertiary/aromatic N) is 3. The lowest BCUT2D eigenvalue weighted by Gasteiger charge is -2.23. The first kappa shape index (κ1) is 29.8. The summed E-state index contributed by atoms with van der Waals surface area (Å²) in [7, 11) is 0. The Kier molecular flexibility index (Phi) is 9.77. The second kappa shape index (κ2) is 13.4. The first-order valence-corrected chi connectivity index (χ1v) is 14.5. The number of rotatable bonds is 11. The predicted molar refractivity (Wildman–Crippen MR) is 166 cm³/mol. The van der Waals surface area contributed by atoms with Crippen molar-refractivity contribution in [3.63, 3.8) is 0 Å². The largest absolute Gasteiger partial charge is 0.325 e. The number of nitrogens with one attached hydrogen (secondary N) is 1. The highest BCUT2D eigenvalue weighted by atomic mass is 16.2. The molecule has 214 valence electrons. The number of aromatic nitrogens is 2. The van der Waals surface area contributed by atoms with Crippen molar-refractivity contribution in [2.75, 3.05) is 11.9 Å². The fourth-order valence-electron chi connectivity index (χ4n) is 4.65. The molecule has 0 saturated carbocycles. The highest BCUT2D eigenvalue weighted by molar-refractivity contribution is 5.99. The monoisotopic (exact) mass is 550 g/mol. The number of carbonyl (C=O) groups is 2. The van der Waals surface area contributed by atoms with E-state index in [1.165, 1.54) is 18.4 Å². The van der Waals surface area contributed by atoms with Crippen LogP contribution in [0.4, 0.5) is 5.82 Å². The molecule has 3 aromatic carbocycles. The van der Waals surface area contributed by atoms with E-state index in [-0.39, 0.29) is 23.8 Å². The van der Waals surface area contributed by atoms with Crippen LogP contribution < -0.4 is 5.32 Å². The molecule has 0 spiro atoms. The van der Waals surface area contributed by atoms with Gasteiger partial charge < -0.3 is 10.2 Å². The van der Waals surface area contributed by atoms with Crippen LogP contribution in [0.5, 0.6) is 0 Å². The third-order valence-corrected chi connectivity index (χ3v) is 7.13. The zero-order valence-electron chi connectivity index (χ0n) is 25.0. The minimum atomic E-state index is -0.279. The van der Waals surface area contributed by atoms with Gasteiger partial charge in [-0.3, -0.25) is 9.59 Å². The highest BCUT2D eigenvalue weighted by Crippen LogP contribution is 2.26.